The standard InChI is InChI=1S/C5H11NO.C4H9NO.C2H6/c1-6-2-4-7-5-3-6;1-2-3-5-4-6;1-2/h2-5H2,1H3;4H,2-3H2,1H3,(H,5,6);1-2H3. The fourth-order valence-electron chi connectivity index (χ4n) is 0.858. The predicted molar refractivity (Wildman–Crippen MR) is 64.0 cm³/mol. The highest BCUT2D eigenvalue weighted by atomic mass is 16.5. The molecule has 0 bridgehead atoms. The molecule has 1 rings (SSSR count). The first-order valence-corrected chi connectivity index (χ1v) is 5.74. The van der Waals surface area contributed by atoms with Gasteiger partial charge in [0.05, 0.1) is 13.2 Å². The normalized spacial score (nSPS) is 15.2. The molecule has 4 heteroatoms. The van der Waals surface area contributed by atoms with E-state index in [0.29, 0.717) is 6.41 Å². The molecular weight excluding hydrogens is 192 g/mol. The Morgan fingerprint density at radius 2 is 1.87 bits per heavy atom. The number of nitrogens with zero attached hydrogens (tertiary/aromatic N) is 1. The Labute approximate surface area is 94.0 Å². The van der Waals surface area contributed by atoms with Crippen LogP contribution in [-0.4, -0.2) is 51.2 Å². The molecule has 1 aliphatic heterocycles. The molecule has 1 aliphatic rings. The van der Waals surface area contributed by atoms with E-state index in [1.165, 1.54) is 0 Å². The largest absolute Gasteiger partial charge is 0.379 e. The predicted octanol–water partition coefficient (Wildman–Crippen LogP) is 1.12. The van der Waals surface area contributed by atoms with Crippen molar-refractivity contribution in [1.82, 2.24) is 10.2 Å². The van der Waals surface area contributed by atoms with Crippen molar-refractivity contribution in [2.24, 2.45) is 0 Å². The summed E-state index contributed by atoms with van der Waals surface area (Å²) in [6.07, 6.45) is 1.72. The van der Waals surface area contributed by atoms with E-state index >= 15 is 0 Å². The monoisotopic (exact) mass is 218 g/mol. The SMILES string of the molecule is CC.CCCNC=O.CN1CCOCC1. The molecule has 0 aromatic rings. The third kappa shape index (κ3) is 16.1. The number of hydrogen-bond acceptors (Lipinski definition) is 3. The molecule has 1 amide bonds. The van der Waals surface area contributed by atoms with Gasteiger partial charge in [0.1, 0.15) is 0 Å². The molecule has 1 heterocycles. The number of morpholine rings is 1. The highest BCUT2D eigenvalue weighted by Crippen LogP contribution is 1.89. The minimum atomic E-state index is 0.712. The molecular formula is C11H26N2O2. The quantitative estimate of drug-likeness (QED) is 0.570. The van der Waals surface area contributed by atoms with Gasteiger partial charge in [0, 0.05) is 19.6 Å². The van der Waals surface area contributed by atoms with Crippen molar-refractivity contribution in [3.8, 4) is 0 Å². The van der Waals surface area contributed by atoms with E-state index in [4.69, 9.17) is 4.74 Å². The average molecular weight is 218 g/mol. The van der Waals surface area contributed by atoms with E-state index < -0.39 is 0 Å². The third-order valence-electron chi connectivity index (χ3n) is 1.71. The van der Waals surface area contributed by atoms with Crippen molar-refractivity contribution in [1.29, 1.82) is 0 Å². The van der Waals surface area contributed by atoms with E-state index in [9.17, 15) is 4.79 Å². The Morgan fingerprint density at radius 1 is 1.33 bits per heavy atom. The number of ether oxygens (including phenoxy) is 1. The number of amides is 1. The van der Waals surface area contributed by atoms with Gasteiger partial charge in [-0.1, -0.05) is 20.8 Å². The van der Waals surface area contributed by atoms with Crippen LogP contribution in [0.4, 0.5) is 0 Å². The van der Waals surface area contributed by atoms with Gasteiger partial charge in [-0.15, -0.1) is 0 Å². The van der Waals surface area contributed by atoms with Crippen LogP contribution in [0.15, 0.2) is 0 Å². The van der Waals surface area contributed by atoms with Crippen molar-refractivity contribution in [2.45, 2.75) is 27.2 Å². The van der Waals surface area contributed by atoms with E-state index in [2.05, 4.69) is 17.3 Å². The number of likely N-dealkylation sites (N-methyl/N-ethyl adjacent to an activating group) is 1. The summed E-state index contributed by atoms with van der Waals surface area (Å²) >= 11 is 0. The van der Waals surface area contributed by atoms with Crippen molar-refractivity contribution in [2.75, 3.05) is 39.9 Å². The van der Waals surface area contributed by atoms with E-state index in [1.54, 1.807) is 0 Å². The van der Waals surface area contributed by atoms with E-state index in [-0.39, 0.29) is 0 Å². The smallest absolute Gasteiger partial charge is 0.207 e. The Bertz CT molecular complexity index is 115. The van der Waals surface area contributed by atoms with Gasteiger partial charge in [-0.2, -0.15) is 0 Å². The summed E-state index contributed by atoms with van der Waals surface area (Å²) in [4.78, 5) is 11.7. The average Bonchev–Trinajstić information content (AvgIpc) is 2.31. The fourth-order valence-corrected chi connectivity index (χ4v) is 0.858. The summed E-state index contributed by atoms with van der Waals surface area (Å²) < 4.78 is 5.10. The van der Waals surface area contributed by atoms with Gasteiger partial charge in [0.25, 0.3) is 0 Å². The van der Waals surface area contributed by atoms with Crippen LogP contribution >= 0.6 is 0 Å². The Hall–Kier alpha value is -0.610. The van der Waals surface area contributed by atoms with Crippen LogP contribution in [-0.2, 0) is 9.53 Å². The van der Waals surface area contributed by atoms with Crippen LogP contribution in [0.3, 0.4) is 0 Å². The van der Waals surface area contributed by atoms with E-state index in [1.807, 2.05) is 20.8 Å². The molecule has 0 aromatic carbocycles. The molecule has 0 unspecified atom stereocenters. The molecule has 0 atom stereocenters. The second-order valence-electron chi connectivity index (χ2n) is 2.99. The van der Waals surface area contributed by atoms with Crippen molar-refractivity contribution >= 4 is 6.41 Å². The number of hydrogen-bond donors (Lipinski definition) is 1. The summed E-state index contributed by atoms with van der Waals surface area (Å²) in [5, 5.41) is 2.52. The molecule has 1 fully saturated rings. The first kappa shape index (κ1) is 16.8. The molecule has 0 spiro atoms. The lowest BCUT2D eigenvalue weighted by Gasteiger charge is -2.21. The highest BCUT2D eigenvalue weighted by molar-refractivity contribution is 5.45. The maximum absolute atomic E-state index is 9.45. The van der Waals surface area contributed by atoms with Gasteiger partial charge in [0.2, 0.25) is 6.41 Å². The van der Waals surface area contributed by atoms with Gasteiger partial charge < -0.3 is 15.0 Å². The first-order chi connectivity index (χ1) is 7.31. The van der Waals surface area contributed by atoms with E-state index in [0.717, 1.165) is 39.3 Å². The maximum Gasteiger partial charge on any atom is 0.207 e. The van der Waals surface area contributed by atoms with Crippen LogP contribution in [0.1, 0.15) is 27.2 Å². The minimum Gasteiger partial charge on any atom is -0.379 e. The minimum absolute atomic E-state index is 0.712. The van der Waals surface area contributed by atoms with Gasteiger partial charge in [0.15, 0.2) is 0 Å². The van der Waals surface area contributed by atoms with Gasteiger partial charge in [-0.25, -0.2) is 0 Å². The van der Waals surface area contributed by atoms with Crippen molar-refractivity contribution < 1.29 is 9.53 Å². The number of carbonyl (C=O) groups is 1. The van der Waals surface area contributed by atoms with Crippen LogP contribution in [0, 0.1) is 0 Å². The van der Waals surface area contributed by atoms with Crippen LogP contribution < -0.4 is 5.32 Å². The topological polar surface area (TPSA) is 41.6 Å². The summed E-state index contributed by atoms with van der Waals surface area (Å²) in [7, 11) is 2.11. The molecule has 15 heavy (non-hydrogen) atoms. The molecule has 1 saturated heterocycles. The summed E-state index contributed by atoms with van der Waals surface area (Å²) in [5.41, 5.74) is 0. The molecule has 0 aliphatic carbocycles. The summed E-state index contributed by atoms with van der Waals surface area (Å²) in [6.45, 7) is 10.8. The molecule has 92 valence electrons. The fraction of sp³-hybridized carbons (Fsp3) is 0.909. The first-order valence-electron chi connectivity index (χ1n) is 5.74. The van der Waals surface area contributed by atoms with Crippen molar-refractivity contribution in [3.63, 3.8) is 0 Å². The van der Waals surface area contributed by atoms with Crippen molar-refractivity contribution in [3.05, 3.63) is 0 Å². The van der Waals surface area contributed by atoms with Crippen LogP contribution in [0.2, 0.25) is 0 Å². The third-order valence-corrected chi connectivity index (χ3v) is 1.71. The number of nitrogens with one attached hydrogen (secondary N) is 1. The highest BCUT2D eigenvalue weighted by Gasteiger charge is 2.02. The molecule has 0 saturated carbocycles. The van der Waals surface area contributed by atoms with Gasteiger partial charge >= 0.3 is 0 Å². The lowest BCUT2D eigenvalue weighted by Crippen LogP contribution is -2.32. The molecule has 1 N–H and O–H groups in total. The lowest BCUT2D eigenvalue weighted by atomic mass is 10.5. The Balaban J connectivity index is 0. The zero-order valence-corrected chi connectivity index (χ0v) is 10.6. The second kappa shape index (κ2) is 15.8. The summed E-state index contributed by atoms with van der Waals surface area (Å²) in [6, 6.07) is 0. The van der Waals surface area contributed by atoms with Gasteiger partial charge in [-0.05, 0) is 13.5 Å². The lowest BCUT2D eigenvalue weighted by molar-refractivity contribution is -0.109. The zero-order chi connectivity index (χ0) is 11.9. The number of rotatable bonds is 3. The molecule has 0 aromatic heterocycles. The number of carbonyl (C=O) groups excluding carboxylic acids is 1. The maximum atomic E-state index is 9.45. The second-order valence-corrected chi connectivity index (χ2v) is 2.99. The Morgan fingerprint density at radius 3 is 2.07 bits per heavy atom. The summed E-state index contributed by atoms with van der Waals surface area (Å²) in [5.74, 6) is 0. The Kier molecular flexibility index (Phi) is 17.8. The van der Waals surface area contributed by atoms with Crippen LogP contribution in [0.5, 0.6) is 0 Å². The zero-order valence-electron chi connectivity index (χ0n) is 10.6. The molecule has 0 radical (unpaired) electrons. The van der Waals surface area contributed by atoms with Crippen LogP contribution in [0.25, 0.3) is 0 Å². The van der Waals surface area contributed by atoms with Gasteiger partial charge in [-0.3, -0.25) is 4.79 Å². The molecule has 4 nitrogen and oxygen atoms in total.